The summed E-state index contributed by atoms with van der Waals surface area (Å²) in [7, 11) is 3.40. The van der Waals surface area contributed by atoms with Crippen molar-refractivity contribution in [3.8, 4) is 0 Å². The van der Waals surface area contributed by atoms with Crippen LogP contribution in [0.2, 0.25) is 0 Å². The summed E-state index contributed by atoms with van der Waals surface area (Å²) in [6.45, 7) is 1.97. The third-order valence-corrected chi connectivity index (χ3v) is 3.95. The lowest BCUT2D eigenvalue weighted by Gasteiger charge is -2.24. The summed E-state index contributed by atoms with van der Waals surface area (Å²) in [5.74, 6) is 1.06. The van der Waals surface area contributed by atoms with Crippen LogP contribution in [0.25, 0.3) is 0 Å². The molecular weight excluding hydrogens is 419 g/mol. The molecule has 24 heavy (non-hydrogen) atoms. The summed E-state index contributed by atoms with van der Waals surface area (Å²) < 4.78 is 5.00. The molecule has 0 bridgehead atoms. The van der Waals surface area contributed by atoms with E-state index >= 15 is 0 Å². The Kier molecular flexibility index (Phi) is 9.70. The van der Waals surface area contributed by atoms with Gasteiger partial charge in [-0.25, -0.2) is 0 Å². The van der Waals surface area contributed by atoms with Crippen molar-refractivity contribution in [1.82, 2.24) is 10.6 Å². The number of aliphatic imine (C=N–C) groups is 1. The molecule has 0 heterocycles. The summed E-state index contributed by atoms with van der Waals surface area (Å²) in [5.41, 5.74) is 1.94. The first kappa shape index (κ1) is 20.7. The zero-order chi connectivity index (χ0) is 16.5. The van der Waals surface area contributed by atoms with Gasteiger partial charge in [-0.15, -0.1) is 24.0 Å². The van der Waals surface area contributed by atoms with Crippen molar-refractivity contribution in [2.24, 2.45) is 10.9 Å². The second kappa shape index (κ2) is 11.2. The van der Waals surface area contributed by atoms with Crippen LogP contribution in [0.3, 0.4) is 0 Å². The van der Waals surface area contributed by atoms with E-state index in [1.54, 1.807) is 14.2 Å². The number of amides is 1. The Balaban J connectivity index is 0.00000288. The van der Waals surface area contributed by atoms with E-state index < -0.39 is 0 Å². The Labute approximate surface area is 160 Å². The van der Waals surface area contributed by atoms with Crippen LogP contribution >= 0.6 is 24.0 Å². The number of nitrogens with zero attached hydrogens (tertiary/aromatic N) is 1. The predicted molar refractivity (Wildman–Crippen MR) is 108 cm³/mol. The molecule has 1 aromatic rings. The molecule has 0 saturated heterocycles. The quantitative estimate of drug-likeness (QED) is 0.260. The molecule has 6 nitrogen and oxygen atoms in total. The largest absolute Gasteiger partial charge is 0.383 e. The number of halogens is 1. The molecular formula is C17H27IN4O2. The van der Waals surface area contributed by atoms with Crippen molar-refractivity contribution in [1.29, 1.82) is 0 Å². The molecule has 0 radical (unpaired) electrons. The molecule has 0 unspecified atom stereocenters. The van der Waals surface area contributed by atoms with Crippen LogP contribution < -0.4 is 16.0 Å². The van der Waals surface area contributed by atoms with Gasteiger partial charge in [-0.1, -0.05) is 18.6 Å². The number of rotatable bonds is 7. The lowest BCUT2D eigenvalue weighted by atomic mass is 9.85. The van der Waals surface area contributed by atoms with Gasteiger partial charge in [-0.05, 0) is 30.5 Å². The average Bonchev–Trinajstić information content (AvgIpc) is 2.49. The predicted octanol–water partition coefficient (Wildman–Crippen LogP) is 2.35. The molecule has 0 aromatic heterocycles. The SMILES string of the molecule is CN=C(NCCOC)NCc1cccc(NC(=O)C2CCC2)c1.I. The zero-order valence-corrected chi connectivity index (χ0v) is 16.6. The molecule has 3 N–H and O–H groups in total. The number of benzene rings is 1. The Morgan fingerprint density at radius 1 is 1.33 bits per heavy atom. The minimum atomic E-state index is 0. The number of guanidine groups is 1. The van der Waals surface area contributed by atoms with E-state index in [9.17, 15) is 4.79 Å². The minimum Gasteiger partial charge on any atom is -0.383 e. The highest BCUT2D eigenvalue weighted by atomic mass is 127. The van der Waals surface area contributed by atoms with E-state index in [0.717, 1.165) is 36.5 Å². The van der Waals surface area contributed by atoms with Crippen molar-refractivity contribution in [2.45, 2.75) is 25.8 Å². The molecule has 1 saturated carbocycles. The molecule has 1 aromatic carbocycles. The lowest BCUT2D eigenvalue weighted by Crippen LogP contribution is -2.38. The smallest absolute Gasteiger partial charge is 0.227 e. The van der Waals surface area contributed by atoms with Gasteiger partial charge in [0.05, 0.1) is 6.61 Å². The number of anilines is 1. The first-order valence-corrected chi connectivity index (χ1v) is 8.06. The average molecular weight is 446 g/mol. The number of ether oxygens (including phenoxy) is 1. The van der Waals surface area contributed by atoms with E-state index in [2.05, 4.69) is 20.9 Å². The lowest BCUT2D eigenvalue weighted by molar-refractivity contribution is -0.122. The summed E-state index contributed by atoms with van der Waals surface area (Å²) in [4.78, 5) is 16.2. The van der Waals surface area contributed by atoms with Crippen LogP contribution in [-0.2, 0) is 16.1 Å². The highest BCUT2D eigenvalue weighted by Gasteiger charge is 2.25. The fourth-order valence-corrected chi connectivity index (χ4v) is 2.35. The minimum absolute atomic E-state index is 0. The fraction of sp³-hybridized carbons (Fsp3) is 0.529. The standard InChI is InChI=1S/C17H26N4O2.HI/c1-18-17(19-9-10-23-2)20-12-13-5-3-8-15(11-13)21-16(22)14-6-4-7-14;/h3,5,8,11,14H,4,6-7,9-10,12H2,1-2H3,(H,21,22)(H2,18,19,20);1H. The van der Waals surface area contributed by atoms with E-state index in [0.29, 0.717) is 19.7 Å². The van der Waals surface area contributed by atoms with Crippen molar-refractivity contribution in [3.05, 3.63) is 29.8 Å². The second-order valence-corrected chi connectivity index (χ2v) is 5.66. The topological polar surface area (TPSA) is 74.8 Å². The van der Waals surface area contributed by atoms with Gasteiger partial charge in [0, 0.05) is 38.9 Å². The summed E-state index contributed by atoms with van der Waals surface area (Å²) >= 11 is 0. The highest BCUT2D eigenvalue weighted by molar-refractivity contribution is 14.0. The maximum absolute atomic E-state index is 12.0. The Hall–Kier alpha value is -1.35. The summed E-state index contributed by atoms with van der Waals surface area (Å²) in [5, 5.41) is 9.40. The molecule has 0 aliphatic heterocycles. The number of nitrogens with one attached hydrogen (secondary N) is 3. The Morgan fingerprint density at radius 2 is 2.12 bits per heavy atom. The van der Waals surface area contributed by atoms with Gasteiger partial charge in [-0.3, -0.25) is 9.79 Å². The number of hydrogen-bond donors (Lipinski definition) is 3. The first-order chi connectivity index (χ1) is 11.2. The third kappa shape index (κ3) is 6.64. The van der Waals surface area contributed by atoms with Crippen molar-refractivity contribution in [2.75, 3.05) is 32.6 Å². The van der Waals surface area contributed by atoms with Crippen molar-refractivity contribution in [3.63, 3.8) is 0 Å². The molecule has 1 amide bonds. The van der Waals surface area contributed by atoms with Gasteiger partial charge in [-0.2, -0.15) is 0 Å². The number of carbonyl (C=O) groups excluding carboxylic acids is 1. The van der Waals surface area contributed by atoms with E-state index in [-0.39, 0.29) is 35.8 Å². The van der Waals surface area contributed by atoms with E-state index in [4.69, 9.17) is 4.74 Å². The molecule has 1 aliphatic rings. The van der Waals surface area contributed by atoms with E-state index in [1.807, 2.05) is 24.3 Å². The monoisotopic (exact) mass is 446 g/mol. The van der Waals surface area contributed by atoms with E-state index in [1.165, 1.54) is 0 Å². The normalized spacial score (nSPS) is 14.3. The number of hydrogen-bond acceptors (Lipinski definition) is 3. The molecule has 1 fully saturated rings. The van der Waals surface area contributed by atoms with Gasteiger partial charge in [0.25, 0.3) is 0 Å². The molecule has 0 atom stereocenters. The number of carbonyl (C=O) groups is 1. The molecule has 7 heteroatoms. The molecule has 0 spiro atoms. The van der Waals surface area contributed by atoms with Crippen molar-refractivity contribution >= 4 is 41.5 Å². The van der Waals surface area contributed by atoms with Gasteiger partial charge >= 0.3 is 0 Å². The maximum Gasteiger partial charge on any atom is 0.227 e. The van der Waals surface area contributed by atoms with Gasteiger partial charge < -0.3 is 20.7 Å². The van der Waals surface area contributed by atoms with Gasteiger partial charge in [0.2, 0.25) is 5.91 Å². The maximum atomic E-state index is 12.0. The van der Waals surface area contributed by atoms with Crippen LogP contribution in [0, 0.1) is 5.92 Å². The molecule has 1 aliphatic carbocycles. The van der Waals surface area contributed by atoms with Crippen LogP contribution in [0.4, 0.5) is 5.69 Å². The third-order valence-electron chi connectivity index (χ3n) is 3.95. The van der Waals surface area contributed by atoms with Gasteiger partial charge in [0.1, 0.15) is 0 Å². The molecule has 134 valence electrons. The van der Waals surface area contributed by atoms with Gasteiger partial charge in [0.15, 0.2) is 5.96 Å². The van der Waals surface area contributed by atoms with Crippen LogP contribution in [0.5, 0.6) is 0 Å². The molecule has 2 rings (SSSR count). The number of methoxy groups -OCH3 is 1. The van der Waals surface area contributed by atoms with Crippen LogP contribution in [0.15, 0.2) is 29.3 Å². The van der Waals surface area contributed by atoms with Crippen molar-refractivity contribution < 1.29 is 9.53 Å². The Bertz CT molecular complexity index is 547. The fourth-order valence-electron chi connectivity index (χ4n) is 2.35. The first-order valence-electron chi connectivity index (χ1n) is 8.06. The second-order valence-electron chi connectivity index (χ2n) is 5.66. The van der Waals surface area contributed by atoms with Crippen LogP contribution in [0.1, 0.15) is 24.8 Å². The highest BCUT2D eigenvalue weighted by Crippen LogP contribution is 2.27. The van der Waals surface area contributed by atoms with Crippen LogP contribution in [-0.4, -0.2) is 39.2 Å². The Morgan fingerprint density at radius 3 is 2.75 bits per heavy atom. The summed E-state index contributed by atoms with van der Waals surface area (Å²) in [6.07, 6.45) is 3.18. The summed E-state index contributed by atoms with van der Waals surface area (Å²) in [6, 6.07) is 7.89. The zero-order valence-electron chi connectivity index (χ0n) is 14.3.